The summed E-state index contributed by atoms with van der Waals surface area (Å²) in [6.07, 6.45) is 0.984. The smallest absolute Gasteiger partial charge is 0.413 e. The summed E-state index contributed by atoms with van der Waals surface area (Å²) in [6.45, 7) is 5.32. The summed E-state index contributed by atoms with van der Waals surface area (Å²) in [5, 5.41) is 3.98. The lowest BCUT2D eigenvalue weighted by atomic mass is 10.2. The van der Waals surface area contributed by atoms with Crippen molar-refractivity contribution in [1.29, 1.82) is 0 Å². The molecule has 19 heavy (non-hydrogen) atoms. The molecule has 0 aliphatic rings. The van der Waals surface area contributed by atoms with Crippen molar-refractivity contribution in [2.24, 2.45) is 0 Å². The number of hydrogen-bond acceptors (Lipinski definition) is 3. The summed E-state index contributed by atoms with van der Waals surface area (Å²) in [7, 11) is 0. The lowest BCUT2D eigenvalue weighted by Gasteiger charge is -2.19. The minimum Gasteiger partial charge on any atom is -0.444 e. The van der Waals surface area contributed by atoms with E-state index in [1.54, 1.807) is 39.1 Å². The van der Waals surface area contributed by atoms with Gasteiger partial charge in [-0.25, -0.2) is 14.2 Å². The molecule has 2 rings (SSSR count). The number of carbonyl (C=O) groups is 1. The van der Waals surface area contributed by atoms with Gasteiger partial charge in [-0.3, -0.25) is 5.32 Å². The molecule has 1 aromatic carbocycles. The molecule has 1 amide bonds. The Morgan fingerprint density at radius 2 is 2.00 bits per heavy atom. The molecule has 1 aromatic heterocycles. The number of benzene rings is 1. The van der Waals surface area contributed by atoms with Gasteiger partial charge in [-0.2, -0.15) is 0 Å². The molecule has 0 fully saturated rings. The highest BCUT2D eigenvalue weighted by Crippen LogP contribution is 2.18. The first-order valence-electron chi connectivity index (χ1n) is 5.89. The molecular formula is C14H15FN2O2. The molecule has 0 unspecified atom stereocenters. The highest BCUT2D eigenvalue weighted by molar-refractivity contribution is 5.89. The van der Waals surface area contributed by atoms with Crippen LogP contribution in [0.3, 0.4) is 0 Å². The molecular weight excluding hydrogens is 247 g/mol. The minimum atomic E-state index is -0.587. The second-order valence-electron chi connectivity index (χ2n) is 5.19. The van der Waals surface area contributed by atoms with Gasteiger partial charge in [-0.05, 0) is 50.4 Å². The Morgan fingerprint density at radius 3 is 2.68 bits per heavy atom. The molecule has 0 saturated carbocycles. The van der Waals surface area contributed by atoms with Crippen LogP contribution in [0.15, 0.2) is 30.5 Å². The molecule has 100 valence electrons. The van der Waals surface area contributed by atoms with Gasteiger partial charge in [0.2, 0.25) is 0 Å². The number of fused-ring (bicyclic) bond motifs is 1. The molecule has 5 heteroatoms. The lowest BCUT2D eigenvalue weighted by molar-refractivity contribution is 0.0635. The van der Waals surface area contributed by atoms with Crippen LogP contribution in [0.1, 0.15) is 20.8 Å². The Labute approximate surface area is 110 Å². The summed E-state index contributed by atoms with van der Waals surface area (Å²) >= 11 is 0. The Bertz CT molecular complexity index is 620. The third kappa shape index (κ3) is 3.64. The van der Waals surface area contributed by atoms with Crippen molar-refractivity contribution in [1.82, 2.24) is 4.98 Å². The number of anilines is 1. The molecule has 0 radical (unpaired) electrons. The van der Waals surface area contributed by atoms with Gasteiger partial charge in [0.15, 0.2) is 0 Å². The minimum absolute atomic E-state index is 0.326. The number of hydrogen-bond donors (Lipinski definition) is 1. The SMILES string of the molecule is CC(C)(C)OC(=O)Nc1cc2cc(F)ccc2cn1. The highest BCUT2D eigenvalue weighted by Gasteiger charge is 2.16. The number of rotatable bonds is 1. The van der Waals surface area contributed by atoms with Gasteiger partial charge in [-0.1, -0.05) is 0 Å². The third-order valence-electron chi connectivity index (χ3n) is 2.31. The van der Waals surface area contributed by atoms with Gasteiger partial charge in [0.1, 0.15) is 17.2 Å². The van der Waals surface area contributed by atoms with E-state index in [1.807, 2.05) is 0 Å². The molecule has 0 atom stereocenters. The van der Waals surface area contributed by atoms with Crippen LogP contribution < -0.4 is 5.32 Å². The Kier molecular flexibility index (Phi) is 3.38. The Morgan fingerprint density at radius 1 is 1.26 bits per heavy atom. The van der Waals surface area contributed by atoms with Crippen molar-refractivity contribution >= 4 is 22.7 Å². The molecule has 0 bridgehead atoms. The van der Waals surface area contributed by atoms with E-state index in [-0.39, 0.29) is 5.82 Å². The highest BCUT2D eigenvalue weighted by atomic mass is 19.1. The van der Waals surface area contributed by atoms with Gasteiger partial charge in [0.25, 0.3) is 0 Å². The fraction of sp³-hybridized carbons (Fsp3) is 0.286. The fourth-order valence-corrected chi connectivity index (χ4v) is 1.59. The maximum atomic E-state index is 13.1. The predicted octanol–water partition coefficient (Wildman–Crippen LogP) is 3.72. The monoisotopic (exact) mass is 262 g/mol. The van der Waals surface area contributed by atoms with E-state index < -0.39 is 11.7 Å². The fourth-order valence-electron chi connectivity index (χ4n) is 1.59. The van der Waals surface area contributed by atoms with E-state index in [4.69, 9.17) is 4.74 Å². The number of halogens is 1. The van der Waals surface area contributed by atoms with Crippen molar-refractivity contribution in [2.45, 2.75) is 26.4 Å². The molecule has 1 N–H and O–H groups in total. The molecule has 0 spiro atoms. The zero-order valence-electron chi connectivity index (χ0n) is 11.0. The number of carbonyl (C=O) groups excluding carboxylic acids is 1. The number of nitrogens with one attached hydrogen (secondary N) is 1. The molecule has 4 nitrogen and oxygen atoms in total. The van der Waals surface area contributed by atoms with Crippen LogP contribution in [0.25, 0.3) is 10.8 Å². The average Bonchev–Trinajstić information content (AvgIpc) is 2.25. The molecule has 0 aliphatic carbocycles. The van der Waals surface area contributed by atoms with Crippen molar-refractivity contribution in [3.8, 4) is 0 Å². The van der Waals surface area contributed by atoms with Crippen LogP contribution in [0.2, 0.25) is 0 Å². The average molecular weight is 262 g/mol. The van der Waals surface area contributed by atoms with Gasteiger partial charge >= 0.3 is 6.09 Å². The zero-order valence-corrected chi connectivity index (χ0v) is 11.0. The van der Waals surface area contributed by atoms with Crippen LogP contribution >= 0.6 is 0 Å². The van der Waals surface area contributed by atoms with Crippen LogP contribution in [0.5, 0.6) is 0 Å². The normalized spacial score (nSPS) is 11.4. The standard InChI is InChI=1S/C14H15FN2O2/c1-14(2,3)19-13(18)17-12-7-10-6-11(15)5-4-9(10)8-16-12/h4-8H,1-3H3,(H,16,17,18). The van der Waals surface area contributed by atoms with E-state index >= 15 is 0 Å². The summed E-state index contributed by atoms with van der Waals surface area (Å²) in [5.74, 6) is -0.00531. The molecule has 1 heterocycles. The van der Waals surface area contributed by atoms with Crippen LogP contribution in [-0.4, -0.2) is 16.7 Å². The van der Waals surface area contributed by atoms with E-state index in [9.17, 15) is 9.18 Å². The van der Waals surface area contributed by atoms with Crippen molar-refractivity contribution in [2.75, 3.05) is 5.32 Å². The molecule has 2 aromatic rings. The summed E-state index contributed by atoms with van der Waals surface area (Å²) in [6, 6.07) is 5.99. The molecule has 0 saturated heterocycles. The predicted molar refractivity (Wildman–Crippen MR) is 71.6 cm³/mol. The Balaban J connectivity index is 2.19. The first-order valence-corrected chi connectivity index (χ1v) is 5.89. The maximum Gasteiger partial charge on any atom is 0.413 e. The second kappa shape index (κ2) is 4.84. The number of ether oxygens (including phenoxy) is 1. The topological polar surface area (TPSA) is 51.2 Å². The lowest BCUT2D eigenvalue weighted by Crippen LogP contribution is -2.27. The third-order valence-corrected chi connectivity index (χ3v) is 2.31. The summed E-state index contributed by atoms with van der Waals surface area (Å²) < 4.78 is 18.2. The van der Waals surface area contributed by atoms with E-state index in [0.29, 0.717) is 11.2 Å². The second-order valence-corrected chi connectivity index (χ2v) is 5.19. The van der Waals surface area contributed by atoms with Gasteiger partial charge in [0.05, 0.1) is 0 Å². The summed E-state index contributed by atoms with van der Waals surface area (Å²) in [5.41, 5.74) is -0.576. The van der Waals surface area contributed by atoms with Crippen molar-refractivity contribution < 1.29 is 13.9 Å². The van der Waals surface area contributed by atoms with Gasteiger partial charge < -0.3 is 4.74 Å². The summed E-state index contributed by atoms with van der Waals surface area (Å²) in [4.78, 5) is 15.7. The van der Waals surface area contributed by atoms with Crippen LogP contribution in [-0.2, 0) is 4.74 Å². The number of aromatic nitrogens is 1. The van der Waals surface area contributed by atoms with Crippen LogP contribution in [0.4, 0.5) is 15.0 Å². The largest absolute Gasteiger partial charge is 0.444 e. The van der Waals surface area contributed by atoms with E-state index in [1.165, 1.54) is 12.1 Å². The van der Waals surface area contributed by atoms with E-state index in [0.717, 1.165) is 5.39 Å². The maximum absolute atomic E-state index is 13.1. The first kappa shape index (κ1) is 13.3. The number of pyridine rings is 1. The number of nitrogens with zero attached hydrogens (tertiary/aromatic N) is 1. The quantitative estimate of drug-likeness (QED) is 0.852. The van der Waals surface area contributed by atoms with Crippen molar-refractivity contribution in [3.63, 3.8) is 0 Å². The molecule has 0 aliphatic heterocycles. The van der Waals surface area contributed by atoms with Gasteiger partial charge in [0, 0.05) is 11.6 Å². The number of amides is 1. The first-order chi connectivity index (χ1) is 8.83. The van der Waals surface area contributed by atoms with Gasteiger partial charge in [-0.15, -0.1) is 0 Å². The Hall–Kier alpha value is -2.17. The van der Waals surface area contributed by atoms with E-state index in [2.05, 4.69) is 10.3 Å². The zero-order chi connectivity index (χ0) is 14.0. The van der Waals surface area contributed by atoms with Crippen molar-refractivity contribution in [3.05, 3.63) is 36.3 Å². The van der Waals surface area contributed by atoms with Crippen LogP contribution in [0, 0.1) is 5.82 Å².